The predicted octanol–water partition coefficient (Wildman–Crippen LogP) is 1.38. The van der Waals surface area contributed by atoms with Gasteiger partial charge in [-0.15, -0.1) is 0 Å². The van der Waals surface area contributed by atoms with Gasteiger partial charge in [0.2, 0.25) is 0 Å². The molecule has 1 amide bonds. The lowest BCUT2D eigenvalue weighted by Crippen LogP contribution is -2.46. The number of nitrogens with zero attached hydrogens (tertiary/aromatic N) is 1. The summed E-state index contributed by atoms with van der Waals surface area (Å²) >= 11 is 0. The van der Waals surface area contributed by atoms with Gasteiger partial charge in [-0.05, 0) is 18.3 Å². The maximum absolute atomic E-state index is 12.5. The summed E-state index contributed by atoms with van der Waals surface area (Å²) in [7, 11) is 0. The van der Waals surface area contributed by atoms with E-state index in [-0.39, 0.29) is 23.5 Å². The molecule has 0 radical (unpaired) electrons. The Labute approximate surface area is 131 Å². The molecule has 122 valence electrons. The summed E-state index contributed by atoms with van der Waals surface area (Å²) < 4.78 is 5.85. The fraction of sp³-hybridized carbons (Fsp3) is 0.750. The van der Waals surface area contributed by atoms with Gasteiger partial charge in [-0.1, -0.05) is 20.8 Å². The van der Waals surface area contributed by atoms with Crippen molar-refractivity contribution in [3.8, 4) is 0 Å². The third-order valence-electron chi connectivity index (χ3n) is 4.61. The van der Waals surface area contributed by atoms with Crippen LogP contribution in [0.4, 0.5) is 0 Å². The van der Waals surface area contributed by atoms with Crippen molar-refractivity contribution in [1.82, 2.24) is 20.8 Å². The van der Waals surface area contributed by atoms with Crippen LogP contribution in [0.1, 0.15) is 55.4 Å². The second kappa shape index (κ2) is 6.01. The lowest BCUT2D eigenvalue weighted by atomic mass is 9.83. The van der Waals surface area contributed by atoms with Crippen molar-refractivity contribution in [3.05, 3.63) is 17.0 Å². The summed E-state index contributed by atoms with van der Waals surface area (Å²) in [5.74, 6) is -0.0687. The molecule has 1 aromatic heterocycles. The van der Waals surface area contributed by atoms with Gasteiger partial charge in [-0.25, -0.2) is 0 Å². The molecular formula is C16H26N4O2. The van der Waals surface area contributed by atoms with Crippen LogP contribution in [0.15, 0.2) is 0 Å². The zero-order valence-corrected chi connectivity index (χ0v) is 13.7. The number of rotatable bonds is 2. The van der Waals surface area contributed by atoms with Gasteiger partial charge >= 0.3 is 0 Å². The summed E-state index contributed by atoms with van der Waals surface area (Å²) in [6, 6.07) is 0.161. The summed E-state index contributed by atoms with van der Waals surface area (Å²) in [6.45, 7) is 8.89. The first kappa shape index (κ1) is 15.5. The second-order valence-corrected chi connectivity index (χ2v) is 7.38. The number of nitrogens with one attached hydrogen (secondary N) is 3. The van der Waals surface area contributed by atoms with E-state index in [0.717, 1.165) is 37.1 Å². The van der Waals surface area contributed by atoms with Crippen LogP contribution < -0.4 is 10.6 Å². The maximum atomic E-state index is 12.5. The predicted molar refractivity (Wildman–Crippen MR) is 83.7 cm³/mol. The van der Waals surface area contributed by atoms with E-state index in [1.54, 1.807) is 0 Å². The Balaban J connectivity index is 1.65. The number of fused-ring (bicyclic) bond motifs is 1. The van der Waals surface area contributed by atoms with Gasteiger partial charge in [0.1, 0.15) is 0 Å². The average Bonchev–Trinajstić information content (AvgIpc) is 2.90. The molecule has 3 rings (SSSR count). The first-order valence-corrected chi connectivity index (χ1v) is 8.14. The first-order chi connectivity index (χ1) is 10.4. The summed E-state index contributed by atoms with van der Waals surface area (Å²) in [4.78, 5) is 12.5. The zero-order valence-electron chi connectivity index (χ0n) is 13.7. The van der Waals surface area contributed by atoms with Crippen molar-refractivity contribution >= 4 is 5.91 Å². The van der Waals surface area contributed by atoms with Crippen molar-refractivity contribution in [2.75, 3.05) is 13.2 Å². The van der Waals surface area contributed by atoms with Gasteiger partial charge in [0, 0.05) is 43.4 Å². The molecular weight excluding hydrogens is 280 g/mol. The number of ether oxygens (including phenoxy) is 1. The molecule has 0 aliphatic carbocycles. The number of aromatic amines is 1. The highest BCUT2D eigenvalue weighted by molar-refractivity contribution is 5.94. The van der Waals surface area contributed by atoms with Crippen LogP contribution in [-0.4, -0.2) is 41.4 Å². The second-order valence-electron chi connectivity index (χ2n) is 7.38. The minimum absolute atomic E-state index is 0.0687. The van der Waals surface area contributed by atoms with Gasteiger partial charge in [-0.3, -0.25) is 9.89 Å². The Morgan fingerprint density at radius 3 is 3.00 bits per heavy atom. The molecule has 22 heavy (non-hydrogen) atoms. The van der Waals surface area contributed by atoms with Crippen LogP contribution in [0.25, 0.3) is 0 Å². The van der Waals surface area contributed by atoms with Gasteiger partial charge < -0.3 is 15.4 Å². The molecule has 0 saturated carbocycles. The third kappa shape index (κ3) is 3.17. The molecule has 2 aliphatic rings. The quantitative estimate of drug-likeness (QED) is 0.771. The highest BCUT2D eigenvalue weighted by atomic mass is 16.5. The molecule has 3 N–H and O–H groups in total. The summed E-state index contributed by atoms with van der Waals surface area (Å²) in [5, 5.41) is 13.7. The zero-order chi connectivity index (χ0) is 15.7. The van der Waals surface area contributed by atoms with Crippen LogP contribution >= 0.6 is 0 Å². The van der Waals surface area contributed by atoms with Crippen molar-refractivity contribution in [2.24, 2.45) is 5.41 Å². The van der Waals surface area contributed by atoms with Crippen LogP contribution in [0.3, 0.4) is 0 Å². The van der Waals surface area contributed by atoms with Crippen LogP contribution in [0.5, 0.6) is 0 Å². The fourth-order valence-corrected chi connectivity index (χ4v) is 3.20. The molecule has 0 bridgehead atoms. The lowest BCUT2D eigenvalue weighted by molar-refractivity contribution is -0.0569. The monoisotopic (exact) mass is 306 g/mol. The minimum Gasteiger partial charge on any atom is -0.378 e. The average molecular weight is 306 g/mol. The maximum Gasteiger partial charge on any atom is 0.272 e. The number of hydrogen-bond acceptors (Lipinski definition) is 4. The van der Waals surface area contributed by atoms with Crippen molar-refractivity contribution in [3.63, 3.8) is 0 Å². The third-order valence-corrected chi connectivity index (χ3v) is 4.61. The number of H-pyrrole nitrogens is 1. The largest absolute Gasteiger partial charge is 0.378 e. The summed E-state index contributed by atoms with van der Waals surface area (Å²) in [5.41, 5.74) is 2.74. The van der Waals surface area contributed by atoms with E-state index in [0.29, 0.717) is 18.8 Å². The molecule has 0 aromatic carbocycles. The van der Waals surface area contributed by atoms with Crippen molar-refractivity contribution < 1.29 is 9.53 Å². The standard InChI is InChI=1S/C16H26N4O2/c1-16(2,3)13-8-10(5-7-22-13)18-15(21)14-11-9-17-6-4-12(11)19-20-14/h10,13,17H,4-9H2,1-3H3,(H,18,21)(H,19,20). The Hall–Kier alpha value is -1.40. The van der Waals surface area contributed by atoms with Crippen molar-refractivity contribution in [2.45, 2.75) is 58.7 Å². The Bertz CT molecular complexity index is 547. The van der Waals surface area contributed by atoms with Gasteiger partial charge in [0.25, 0.3) is 5.91 Å². The first-order valence-electron chi connectivity index (χ1n) is 8.14. The number of carbonyl (C=O) groups is 1. The van der Waals surface area contributed by atoms with E-state index >= 15 is 0 Å². The topological polar surface area (TPSA) is 79.0 Å². The van der Waals surface area contributed by atoms with Crippen LogP contribution in [0, 0.1) is 5.41 Å². The molecule has 1 aromatic rings. The van der Waals surface area contributed by atoms with Crippen LogP contribution in [-0.2, 0) is 17.7 Å². The number of aromatic nitrogens is 2. The highest BCUT2D eigenvalue weighted by Crippen LogP contribution is 2.29. The molecule has 2 unspecified atom stereocenters. The van der Waals surface area contributed by atoms with E-state index in [4.69, 9.17) is 4.74 Å². The van der Waals surface area contributed by atoms with E-state index in [1.807, 2.05) is 0 Å². The van der Waals surface area contributed by atoms with Gasteiger partial charge in [0.05, 0.1) is 6.10 Å². The highest BCUT2D eigenvalue weighted by Gasteiger charge is 2.33. The van der Waals surface area contributed by atoms with Gasteiger partial charge in [-0.2, -0.15) is 5.10 Å². The van der Waals surface area contributed by atoms with Gasteiger partial charge in [0.15, 0.2) is 5.69 Å². The number of carbonyl (C=O) groups excluding carboxylic acids is 1. The molecule has 6 heteroatoms. The molecule has 6 nitrogen and oxygen atoms in total. The molecule has 2 atom stereocenters. The molecule has 1 saturated heterocycles. The Morgan fingerprint density at radius 1 is 1.41 bits per heavy atom. The molecule has 3 heterocycles. The van der Waals surface area contributed by atoms with E-state index in [2.05, 4.69) is 41.6 Å². The summed E-state index contributed by atoms with van der Waals surface area (Å²) in [6.07, 6.45) is 2.81. The number of hydrogen-bond donors (Lipinski definition) is 3. The normalized spacial score (nSPS) is 25.6. The molecule has 1 fully saturated rings. The Morgan fingerprint density at radius 2 is 2.23 bits per heavy atom. The number of amides is 1. The van der Waals surface area contributed by atoms with E-state index in [9.17, 15) is 4.79 Å². The SMILES string of the molecule is CC(C)(C)C1CC(NC(=O)c2n[nH]c3c2CNCC3)CCO1. The lowest BCUT2D eigenvalue weighted by Gasteiger charge is -2.37. The fourth-order valence-electron chi connectivity index (χ4n) is 3.20. The smallest absolute Gasteiger partial charge is 0.272 e. The van der Waals surface area contributed by atoms with E-state index in [1.165, 1.54) is 0 Å². The molecule has 2 aliphatic heterocycles. The van der Waals surface area contributed by atoms with Crippen molar-refractivity contribution in [1.29, 1.82) is 0 Å². The van der Waals surface area contributed by atoms with Crippen LogP contribution in [0.2, 0.25) is 0 Å². The molecule has 0 spiro atoms. The van der Waals surface area contributed by atoms with E-state index < -0.39 is 0 Å². The minimum atomic E-state index is -0.0687. The Kier molecular flexibility index (Phi) is 4.23.